The number of ether oxygens (including phenoxy) is 1. The minimum atomic E-state index is -1.48. The monoisotopic (exact) mass is 387 g/mol. The van der Waals surface area contributed by atoms with E-state index in [4.69, 9.17) is 4.74 Å². The molecule has 0 bridgehead atoms. The van der Waals surface area contributed by atoms with Crippen LogP contribution >= 0.6 is 11.3 Å². The van der Waals surface area contributed by atoms with Gasteiger partial charge in [-0.1, -0.05) is 41.7 Å². The first kappa shape index (κ1) is 18.4. The summed E-state index contributed by atoms with van der Waals surface area (Å²) < 4.78 is 5.34. The molecule has 2 N–H and O–H groups in total. The number of nitro groups is 1. The van der Waals surface area contributed by atoms with Crippen molar-refractivity contribution in [3.63, 3.8) is 0 Å². The largest absolute Gasteiger partial charge is 0.453 e. The number of aliphatic hydroxyl groups is 1. The lowest BCUT2D eigenvalue weighted by Gasteiger charge is -2.10. The van der Waals surface area contributed by atoms with Gasteiger partial charge in [0.05, 0.1) is 15.1 Å². The first-order chi connectivity index (χ1) is 12.9. The molecule has 0 aliphatic heterocycles. The summed E-state index contributed by atoms with van der Waals surface area (Å²) in [5.41, 5.74) is 0.779. The van der Waals surface area contributed by atoms with Crippen molar-refractivity contribution < 1.29 is 24.4 Å². The molecule has 1 amide bonds. The number of fused-ring (bicyclic) bond motifs is 1. The molecule has 0 fully saturated rings. The summed E-state index contributed by atoms with van der Waals surface area (Å²) in [4.78, 5) is 38.1. The molecule has 1 aromatic heterocycles. The Morgan fingerprint density at radius 2 is 2.00 bits per heavy atom. The second-order valence-corrected chi connectivity index (χ2v) is 6.43. The molecule has 9 nitrogen and oxygen atoms in total. The van der Waals surface area contributed by atoms with E-state index < -0.39 is 29.5 Å². The van der Waals surface area contributed by atoms with E-state index in [1.54, 1.807) is 30.3 Å². The van der Waals surface area contributed by atoms with Gasteiger partial charge in [0, 0.05) is 12.1 Å². The molecule has 3 aromatic rings. The lowest BCUT2D eigenvalue weighted by Crippen LogP contribution is -2.23. The number of nitrogens with one attached hydrogen (secondary N) is 1. The van der Waals surface area contributed by atoms with Crippen molar-refractivity contribution in [3.8, 4) is 0 Å². The van der Waals surface area contributed by atoms with Gasteiger partial charge in [0.1, 0.15) is 0 Å². The fourth-order valence-electron chi connectivity index (χ4n) is 2.22. The zero-order chi connectivity index (χ0) is 19.4. The van der Waals surface area contributed by atoms with Crippen LogP contribution in [0.3, 0.4) is 0 Å². The van der Waals surface area contributed by atoms with Crippen LogP contribution in [0.4, 0.5) is 10.8 Å². The minimum Gasteiger partial charge on any atom is -0.453 e. The number of thiazole rings is 1. The number of benzene rings is 2. The fourth-order valence-corrected chi connectivity index (χ4v) is 3.14. The number of aromatic nitrogens is 1. The second-order valence-electron chi connectivity index (χ2n) is 5.40. The average molecular weight is 387 g/mol. The molecule has 1 atom stereocenters. The Morgan fingerprint density at radius 3 is 2.70 bits per heavy atom. The van der Waals surface area contributed by atoms with E-state index >= 15 is 0 Å². The molecule has 0 saturated carbocycles. The predicted molar refractivity (Wildman–Crippen MR) is 97.3 cm³/mol. The van der Waals surface area contributed by atoms with Gasteiger partial charge in [-0.15, -0.1) is 0 Å². The summed E-state index contributed by atoms with van der Waals surface area (Å²) in [6, 6.07) is 12.3. The molecule has 0 aliphatic carbocycles. The number of amides is 1. The summed E-state index contributed by atoms with van der Waals surface area (Å²) in [5, 5.41) is 23.3. The zero-order valence-corrected chi connectivity index (χ0v) is 14.5. The highest BCUT2D eigenvalue weighted by Gasteiger charge is 2.20. The maximum atomic E-state index is 11.9. The molecule has 10 heteroatoms. The molecule has 0 saturated heterocycles. The van der Waals surface area contributed by atoms with Crippen LogP contribution < -0.4 is 5.32 Å². The molecule has 2 aromatic carbocycles. The summed E-state index contributed by atoms with van der Waals surface area (Å²) >= 11 is 1.06. The summed E-state index contributed by atoms with van der Waals surface area (Å²) in [5.74, 6) is -1.59. The number of carbonyl (C=O) groups excluding carboxylic acids is 2. The van der Waals surface area contributed by atoms with Gasteiger partial charge >= 0.3 is 5.97 Å². The lowest BCUT2D eigenvalue weighted by atomic mass is 10.1. The first-order valence-electron chi connectivity index (χ1n) is 7.68. The number of non-ortho nitro benzene ring substituents is 1. The van der Waals surface area contributed by atoms with Gasteiger partial charge in [0.15, 0.2) is 17.8 Å². The van der Waals surface area contributed by atoms with Crippen LogP contribution in [0.5, 0.6) is 0 Å². The molecule has 0 radical (unpaired) electrons. The Balaban J connectivity index is 1.58. The number of aliphatic hydroxyl groups excluding tert-OH is 1. The SMILES string of the molecule is O=C(COC(=O)C(O)c1ccccc1)Nc1nc2ccc([N+](=O)[O-])cc2s1. The third kappa shape index (κ3) is 4.43. The summed E-state index contributed by atoms with van der Waals surface area (Å²) in [6.45, 7) is -0.598. The molecule has 27 heavy (non-hydrogen) atoms. The summed E-state index contributed by atoms with van der Waals surface area (Å²) in [7, 11) is 0. The number of hydrogen-bond acceptors (Lipinski definition) is 8. The molecular weight excluding hydrogens is 374 g/mol. The Hall–Kier alpha value is -3.37. The molecular formula is C17H13N3O6S. The predicted octanol–water partition coefficient (Wildman–Crippen LogP) is 2.42. The van der Waals surface area contributed by atoms with Crippen molar-refractivity contribution in [2.75, 3.05) is 11.9 Å². The van der Waals surface area contributed by atoms with Crippen LogP contribution in [-0.4, -0.2) is 33.5 Å². The minimum absolute atomic E-state index is 0.0761. The highest BCUT2D eigenvalue weighted by molar-refractivity contribution is 7.22. The third-order valence-electron chi connectivity index (χ3n) is 3.51. The zero-order valence-electron chi connectivity index (χ0n) is 13.7. The molecule has 0 aliphatic rings. The van der Waals surface area contributed by atoms with Crippen molar-refractivity contribution in [2.24, 2.45) is 0 Å². The highest BCUT2D eigenvalue weighted by Crippen LogP contribution is 2.29. The summed E-state index contributed by atoms with van der Waals surface area (Å²) in [6.07, 6.45) is -1.48. The van der Waals surface area contributed by atoms with Crippen LogP contribution in [0, 0.1) is 10.1 Å². The van der Waals surface area contributed by atoms with E-state index in [0.29, 0.717) is 15.8 Å². The van der Waals surface area contributed by atoms with E-state index in [1.165, 1.54) is 18.2 Å². The average Bonchev–Trinajstić information content (AvgIpc) is 3.07. The van der Waals surface area contributed by atoms with Crippen LogP contribution in [0.2, 0.25) is 0 Å². The molecule has 138 valence electrons. The third-order valence-corrected chi connectivity index (χ3v) is 4.45. The van der Waals surface area contributed by atoms with Crippen molar-refractivity contribution >= 4 is 44.2 Å². The second kappa shape index (κ2) is 7.89. The van der Waals surface area contributed by atoms with Gasteiger partial charge in [0.25, 0.3) is 11.6 Å². The van der Waals surface area contributed by atoms with Gasteiger partial charge in [-0.2, -0.15) is 0 Å². The van der Waals surface area contributed by atoms with E-state index in [9.17, 15) is 24.8 Å². The standard InChI is InChI=1S/C17H13N3O6S/c21-14(9-26-16(23)15(22)10-4-2-1-3-5-10)19-17-18-12-7-6-11(20(24)25)8-13(12)27-17/h1-8,15,22H,9H2,(H,18,19,21). The van der Waals surface area contributed by atoms with Crippen LogP contribution in [0.25, 0.3) is 10.2 Å². The van der Waals surface area contributed by atoms with Gasteiger partial charge < -0.3 is 9.84 Å². The Labute approximate surface area is 156 Å². The van der Waals surface area contributed by atoms with Crippen LogP contribution in [-0.2, 0) is 14.3 Å². The van der Waals surface area contributed by atoms with Crippen LogP contribution in [0.1, 0.15) is 11.7 Å². The number of nitro benzene ring substituents is 1. The molecule has 1 unspecified atom stereocenters. The van der Waals surface area contributed by atoms with E-state index in [0.717, 1.165) is 11.3 Å². The number of anilines is 1. The van der Waals surface area contributed by atoms with E-state index in [-0.39, 0.29) is 10.8 Å². The topological polar surface area (TPSA) is 132 Å². The van der Waals surface area contributed by atoms with Crippen molar-refractivity contribution in [2.45, 2.75) is 6.10 Å². The quantitative estimate of drug-likeness (QED) is 0.377. The van der Waals surface area contributed by atoms with E-state index in [2.05, 4.69) is 10.3 Å². The Morgan fingerprint density at radius 1 is 1.26 bits per heavy atom. The molecule has 0 spiro atoms. The van der Waals surface area contributed by atoms with Crippen molar-refractivity contribution in [1.29, 1.82) is 0 Å². The maximum absolute atomic E-state index is 11.9. The molecule has 1 heterocycles. The smallest absolute Gasteiger partial charge is 0.340 e. The normalized spacial score (nSPS) is 11.7. The molecule has 3 rings (SSSR count). The van der Waals surface area contributed by atoms with E-state index in [1.807, 2.05) is 0 Å². The first-order valence-corrected chi connectivity index (χ1v) is 8.50. The number of rotatable bonds is 6. The number of esters is 1. The van der Waals surface area contributed by atoms with Gasteiger partial charge in [-0.05, 0) is 11.6 Å². The number of nitrogens with zero attached hydrogens (tertiary/aromatic N) is 2. The lowest BCUT2D eigenvalue weighted by molar-refractivity contribution is -0.384. The van der Waals surface area contributed by atoms with Crippen molar-refractivity contribution in [1.82, 2.24) is 4.98 Å². The maximum Gasteiger partial charge on any atom is 0.340 e. The fraction of sp³-hybridized carbons (Fsp3) is 0.118. The van der Waals surface area contributed by atoms with Gasteiger partial charge in [-0.25, -0.2) is 9.78 Å². The van der Waals surface area contributed by atoms with Crippen molar-refractivity contribution in [3.05, 3.63) is 64.2 Å². The Bertz CT molecular complexity index is 1000. The van der Waals surface area contributed by atoms with Gasteiger partial charge in [-0.3, -0.25) is 20.2 Å². The number of carbonyl (C=O) groups is 2. The highest BCUT2D eigenvalue weighted by atomic mass is 32.1. The van der Waals surface area contributed by atoms with Gasteiger partial charge in [0.2, 0.25) is 0 Å². The number of hydrogen-bond donors (Lipinski definition) is 2. The Kier molecular flexibility index (Phi) is 5.38. The van der Waals surface area contributed by atoms with Crippen LogP contribution in [0.15, 0.2) is 48.5 Å².